The number of carbonyl (C=O) groups is 1. The Bertz CT molecular complexity index is 1280. The van der Waals surface area contributed by atoms with Crippen LogP contribution in [0.5, 0.6) is 23.0 Å². The summed E-state index contributed by atoms with van der Waals surface area (Å²) in [4.78, 5) is 12.2. The van der Waals surface area contributed by atoms with E-state index in [4.69, 9.17) is 28.4 Å². The molecule has 0 aromatic heterocycles. The van der Waals surface area contributed by atoms with E-state index in [-0.39, 0.29) is 29.6 Å². The van der Waals surface area contributed by atoms with E-state index in [1.807, 2.05) is 0 Å². The van der Waals surface area contributed by atoms with Gasteiger partial charge in [-0.15, -0.1) is 0 Å². The molecule has 8 atom stereocenters. The number of methoxy groups -OCH3 is 1. The summed E-state index contributed by atoms with van der Waals surface area (Å²) in [6.45, 7) is -1.97. The molecule has 236 valence electrons. The van der Waals surface area contributed by atoms with Crippen LogP contribution in [0, 0.1) is 0 Å². The van der Waals surface area contributed by atoms with Crippen LogP contribution in [0.3, 0.4) is 0 Å². The van der Waals surface area contributed by atoms with Crippen LogP contribution < -0.4 is 9.47 Å². The lowest BCUT2D eigenvalue weighted by molar-refractivity contribution is -0.289. The highest BCUT2D eigenvalue weighted by atomic mass is 16.7. The van der Waals surface area contributed by atoms with Gasteiger partial charge in [-0.2, -0.15) is 0 Å². The maximum atomic E-state index is 12.2. The summed E-state index contributed by atoms with van der Waals surface area (Å²) >= 11 is 0. The SMILES string of the molecule is COc1cc(/C=C/C(=O)OC[C@@]2(O)CO[C@@H](OC[C@H]3O[C@@H](Oc4ccc(CO)cc4O)[C@H](O)[C@@H](O)[C@@H]3O)[C@@H]2O)ccc1O. The van der Waals surface area contributed by atoms with Gasteiger partial charge in [0, 0.05) is 6.08 Å². The standard InChI is InChI=1S/C28H34O15/c1-38-19-9-14(2-5-16(19)30)4-7-21(32)40-12-28(37)13-41-27(25(28)36)39-11-20-22(33)23(34)24(35)26(43-20)42-18-6-3-15(10-29)8-17(18)31/h2-9,20,22-27,29-31,33-37H,10-13H2,1H3/b7-4+/t20-,22-,23+,24-,25+,26-,27-,28-/m1/s1. The summed E-state index contributed by atoms with van der Waals surface area (Å²) in [5.41, 5.74) is -1.12. The molecule has 2 aromatic rings. The average Bonchev–Trinajstić information content (AvgIpc) is 3.29. The zero-order chi connectivity index (χ0) is 31.3. The minimum atomic E-state index is -2.04. The van der Waals surface area contributed by atoms with Crippen LogP contribution in [0.25, 0.3) is 6.08 Å². The molecule has 2 aromatic carbocycles. The molecule has 2 aliphatic rings. The number of carbonyl (C=O) groups excluding carboxylic acids is 1. The normalized spacial score (nSPS) is 30.8. The number of aromatic hydroxyl groups is 2. The van der Waals surface area contributed by atoms with Crippen molar-refractivity contribution in [1.82, 2.24) is 0 Å². The second kappa shape index (κ2) is 13.9. The van der Waals surface area contributed by atoms with Crippen molar-refractivity contribution in [3.8, 4) is 23.0 Å². The fourth-order valence-electron chi connectivity index (χ4n) is 4.36. The van der Waals surface area contributed by atoms with Gasteiger partial charge in [-0.1, -0.05) is 12.1 Å². The van der Waals surface area contributed by atoms with Gasteiger partial charge in [0.25, 0.3) is 0 Å². The molecule has 0 amide bonds. The number of aliphatic hydroxyl groups is 6. The second-order valence-electron chi connectivity index (χ2n) is 10.0. The first-order valence-corrected chi connectivity index (χ1v) is 13.1. The van der Waals surface area contributed by atoms with Gasteiger partial charge in [0.05, 0.1) is 26.9 Å². The Hall–Kier alpha value is -3.51. The lowest BCUT2D eigenvalue weighted by Crippen LogP contribution is -2.60. The number of benzene rings is 2. The van der Waals surface area contributed by atoms with E-state index in [0.29, 0.717) is 11.1 Å². The Morgan fingerprint density at radius 3 is 2.47 bits per heavy atom. The molecule has 0 bridgehead atoms. The number of hydrogen-bond acceptors (Lipinski definition) is 15. The third-order valence-corrected chi connectivity index (χ3v) is 6.93. The first kappa shape index (κ1) is 32.4. The van der Waals surface area contributed by atoms with Crippen LogP contribution in [-0.2, 0) is 30.3 Å². The lowest BCUT2D eigenvalue weighted by Gasteiger charge is -2.40. The second-order valence-corrected chi connectivity index (χ2v) is 10.0. The molecule has 2 aliphatic heterocycles. The number of aliphatic hydroxyl groups excluding tert-OH is 5. The molecule has 0 saturated carbocycles. The van der Waals surface area contributed by atoms with E-state index in [1.165, 1.54) is 49.6 Å². The molecule has 4 rings (SSSR count). The molecule has 15 heteroatoms. The summed E-state index contributed by atoms with van der Waals surface area (Å²) < 4.78 is 31.8. The Kier molecular flexibility index (Phi) is 10.4. The van der Waals surface area contributed by atoms with Crippen molar-refractivity contribution in [3.05, 3.63) is 53.6 Å². The summed E-state index contributed by atoms with van der Waals surface area (Å²) in [6, 6.07) is 8.41. The van der Waals surface area contributed by atoms with Crippen LogP contribution in [0.2, 0.25) is 0 Å². The van der Waals surface area contributed by atoms with E-state index >= 15 is 0 Å². The number of rotatable bonds is 11. The van der Waals surface area contributed by atoms with E-state index in [1.54, 1.807) is 0 Å². The monoisotopic (exact) mass is 610 g/mol. The molecule has 15 nitrogen and oxygen atoms in total. The van der Waals surface area contributed by atoms with E-state index in [9.17, 15) is 45.6 Å². The van der Waals surface area contributed by atoms with Crippen molar-refractivity contribution in [2.75, 3.05) is 26.9 Å². The third kappa shape index (κ3) is 7.53. The molecule has 0 unspecified atom stereocenters. The number of hydrogen-bond donors (Lipinski definition) is 8. The molecule has 8 N–H and O–H groups in total. The minimum Gasteiger partial charge on any atom is -0.504 e. The Labute approximate surface area is 245 Å². The highest BCUT2D eigenvalue weighted by Crippen LogP contribution is 2.32. The largest absolute Gasteiger partial charge is 0.504 e. The molecule has 43 heavy (non-hydrogen) atoms. The highest BCUT2D eigenvalue weighted by Gasteiger charge is 2.51. The van der Waals surface area contributed by atoms with E-state index in [2.05, 4.69) is 0 Å². The number of ether oxygens (including phenoxy) is 6. The van der Waals surface area contributed by atoms with Gasteiger partial charge in [0.1, 0.15) is 37.1 Å². The van der Waals surface area contributed by atoms with Crippen molar-refractivity contribution in [2.24, 2.45) is 0 Å². The number of phenolic OH excluding ortho intramolecular Hbond substituents is 2. The van der Waals surface area contributed by atoms with Gasteiger partial charge in [-0.3, -0.25) is 0 Å². The molecule has 2 fully saturated rings. The van der Waals surface area contributed by atoms with Crippen LogP contribution >= 0.6 is 0 Å². The molecule has 0 spiro atoms. The first-order valence-electron chi connectivity index (χ1n) is 13.1. The summed E-state index contributed by atoms with van der Waals surface area (Å²) in [7, 11) is 1.38. The smallest absolute Gasteiger partial charge is 0.330 e. The summed E-state index contributed by atoms with van der Waals surface area (Å²) in [5, 5.41) is 81.4. The van der Waals surface area contributed by atoms with Crippen molar-refractivity contribution in [2.45, 2.75) is 55.3 Å². The lowest BCUT2D eigenvalue weighted by atomic mass is 9.99. The highest BCUT2D eigenvalue weighted by molar-refractivity contribution is 5.87. The summed E-state index contributed by atoms with van der Waals surface area (Å²) in [6.07, 6.45) is -8.66. The molecular formula is C28H34O15. The van der Waals surface area contributed by atoms with Crippen molar-refractivity contribution >= 4 is 12.0 Å². The van der Waals surface area contributed by atoms with E-state index < -0.39 is 74.5 Å². The minimum absolute atomic E-state index is 0.0756. The quantitative estimate of drug-likeness (QED) is 0.107. The van der Waals surface area contributed by atoms with Crippen LogP contribution in [0.4, 0.5) is 0 Å². The van der Waals surface area contributed by atoms with Gasteiger partial charge in [0.15, 0.2) is 34.9 Å². The molecule has 0 radical (unpaired) electrons. The van der Waals surface area contributed by atoms with Gasteiger partial charge in [-0.05, 0) is 41.5 Å². The van der Waals surface area contributed by atoms with Crippen molar-refractivity contribution < 1.29 is 74.1 Å². The maximum Gasteiger partial charge on any atom is 0.330 e. The van der Waals surface area contributed by atoms with Gasteiger partial charge in [-0.25, -0.2) is 4.79 Å². The average molecular weight is 611 g/mol. The zero-order valence-electron chi connectivity index (χ0n) is 22.9. The Morgan fingerprint density at radius 2 is 1.77 bits per heavy atom. The van der Waals surface area contributed by atoms with Crippen LogP contribution in [0.1, 0.15) is 11.1 Å². The molecule has 0 aliphatic carbocycles. The first-order chi connectivity index (χ1) is 20.4. The Balaban J connectivity index is 1.30. The third-order valence-electron chi connectivity index (χ3n) is 6.93. The van der Waals surface area contributed by atoms with Crippen LogP contribution in [-0.4, -0.2) is 122 Å². The topological polar surface area (TPSA) is 234 Å². The number of phenols is 2. The molecule has 2 saturated heterocycles. The van der Waals surface area contributed by atoms with E-state index in [0.717, 1.165) is 6.08 Å². The summed E-state index contributed by atoms with van der Waals surface area (Å²) in [5.74, 6) is -1.21. The predicted octanol–water partition coefficient (Wildman–Crippen LogP) is -1.49. The molecule has 2 heterocycles. The fourth-order valence-corrected chi connectivity index (χ4v) is 4.36. The maximum absolute atomic E-state index is 12.2. The molecular weight excluding hydrogens is 576 g/mol. The van der Waals surface area contributed by atoms with Crippen LogP contribution in [0.15, 0.2) is 42.5 Å². The van der Waals surface area contributed by atoms with Crippen molar-refractivity contribution in [3.63, 3.8) is 0 Å². The van der Waals surface area contributed by atoms with Gasteiger partial charge >= 0.3 is 5.97 Å². The zero-order valence-corrected chi connectivity index (χ0v) is 22.9. The van der Waals surface area contributed by atoms with Gasteiger partial charge < -0.3 is 69.3 Å². The van der Waals surface area contributed by atoms with Gasteiger partial charge in [0.2, 0.25) is 6.29 Å². The predicted molar refractivity (Wildman–Crippen MR) is 143 cm³/mol. The fraction of sp³-hybridized carbons (Fsp3) is 0.464. The van der Waals surface area contributed by atoms with Crippen molar-refractivity contribution in [1.29, 1.82) is 0 Å². The Morgan fingerprint density at radius 1 is 1.00 bits per heavy atom. The number of esters is 1.